The van der Waals surface area contributed by atoms with Crippen molar-refractivity contribution in [3.05, 3.63) is 75.9 Å². The molecule has 0 atom stereocenters. The molecule has 0 aliphatic rings. The van der Waals surface area contributed by atoms with E-state index in [1.165, 1.54) is 29.8 Å². The van der Waals surface area contributed by atoms with Crippen molar-refractivity contribution < 1.29 is 23.0 Å². The summed E-state index contributed by atoms with van der Waals surface area (Å²) in [6.45, 7) is 2.07. The van der Waals surface area contributed by atoms with Gasteiger partial charge in [0, 0.05) is 24.2 Å². The average Bonchev–Trinajstić information content (AvgIpc) is 3.20. The Kier molecular flexibility index (Phi) is 6.87. The topological polar surface area (TPSA) is 85.4 Å². The third-order valence-electron chi connectivity index (χ3n) is 5.33. The van der Waals surface area contributed by atoms with Gasteiger partial charge in [-0.2, -0.15) is 0 Å². The summed E-state index contributed by atoms with van der Waals surface area (Å²) in [6, 6.07) is 9.46. The van der Waals surface area contributed by atoms with E-state index in [0.717, 1.165) is 17.0 Å². The second kappa shape index (κ2) is 10.0. The van der Waals surface area contributed by atoms with Gasteiger partial charge in [0.2, 0.25) is 0 Å². The van der Waals surface area contributed by atoms with Gasteiger partial charge in [0.25, 0.3) is 5.91 Å². The van der Waals surface area contributed by atoms with E-state index in [2.05, 4.69) is 20.6 Å². The van der Waals surface area contributed by atoms with E-state index in [9.17, 15) is 13.6 Å². The number of aryl methyl sites for hydroxylation is 1. The van der Waals surface area contributed by atoms with Crippen LogP contribution < -0.4 is 20.1 Å². The van der Waals surface area contributed by atoms with Gasteiger partial charge in [-0.3, -0.25) is 4.79 Å². The third kappa shape index (κ3) is 4.49. The molecule has 0 aliphatic carbocycles. The van der Waals surface area contributed by atoms with E-state index in [1.54, 1.807) is 21.1 Å². The zero-order valence-corrected chi connectivity index (χ0v) is 19.6. The van der Waals surface area contributed by atoms with Crippen molar-refractivity contribution in [1.29, 1.82) is 0 Å². The maximum atomic E-state index is 13.9. The lowest BCUT2D eigenvalue weighted by atomic mass is 10.1. The minimum absolute atomic E-state index is 0.0708. The first-order valence-electron chi connectivity index (χ1n) is 10.3. The quantitative estimate of drug-likeness (QED) is 0.372. The summed E-state index contributed by atoms with van der Waals surface area (Å²) < 4.78 is 38.2. The SMILES string of the molecule is COc1cccc(CNc2ncnc3sc(C(=O)NCc4cccc(F)c4F)c(C)c23)c1OC. The Balaban J connectivity index is 1.57. The van der Waals surface area contributed by atoms with Crippen LogP contribution in [0.4, 0.5) is 14.6 Å². The number of rotatable bonds is 8. The number of methoxy groups -OCH3 is 2. The van der Waals surface area contributed by atoms with Gasteiger partial charge >= 0.3 is 0 Å². The van der Waals surface area contributed by atoms with E-state index in [-0.39, 0.29) is 12.1 Å². The van der Waals surface area contributed by atoms with Crippen molar-refractivity contribution in [2.24, 2.45) is 0 Å². The van der Waals surface area contributed by atoms with Crippen LogP contribution in [0.5, 0.6) is 11.5 Å². The van der Waals surface area contributed by atoms with Crippen LogP contribution in [-0.4, -0.2) is 30.1 Å². The number of benzene rings is 2. The van der Waals surface area contributed by atoms with Crippen molar-refractivity contribution >= 4 is 33.3 Å². The Bertz CT molecular complexity index is 1360. The van der Waals surface area contributed by atoms with Crippen LogP contribution in [0.15, 0.2) is 42.7 Å². The van der Waals surface area contributed by atoms with Crippen molar-refractivity contribution in [2.45, 2.75) is 20.0 Å². The standard InChI is InChI=1S/C24H22F2N4O3S/c1-13-18-22(27-11-15-7-5-9-17(32-2)20(15)33-3)29-12-30-24(18)34-21(13)23(31)28-10-14-6-4-8-16(25)19(14)26/h4-9,12H,10-11H2,1-3H3,(H,28,31)(H,27,29,30). The average molecular weight is 485 g/mol. The van der Waals surface area contributed by atoms with E-state index in [4.69, 9.17) is 9.47 Å². The lowest BCUT2D eigenvalue weighted by molar-refractivity contribution is 0.0954. The van der Waals surface area contributed by atoms with Gasteiger partial charge in [-0.25, -0.2) is 18.7 Å². The summed E-state index contributed by atoms with van der Waals surface area (Å²) >= 11 is 1.21. The van der Waals surface area contributed by atoms with Crippen LogP contribution >= 0.6 is 11.3 Å². The third-order valence-corrected chi connectivity index (χ3v) is 6.53. The molecule has 0 saturated heterocycles. The first kappa shape index (κ1) is 23.4. The number of fused-ring (bicyclic) bond motifs is 1. The van der Waals surface area contributed by atoms with Gasteiger partial charge in [-0.15, -0.1) is 11.3 Å². The summed E-state index contributed by atoms with van der Waals surface area (Å²) in [5.74, 6) is -0.516. The monoisotopic (exact) mass is 484 g/mol. The number of nitrogens with one attached hydrogen (secondary N) is 2. The van der Waals surface area contributed by atoms with Crippen LogP contribution in [0.25, 0.3) is 10.2 Å². The Morgan fingerprint density at radius 2 is 1.79 bits per heavy atom. The zero-order chi connectivity index (χ0) is 24.2. The Morgan fingerprint density at radius 1 is 1.03 bits per heavy atom. The summed E-state index contributed by atoms with van der Waals surface area (Å²) in [6.07, 6.45) is 1.42. The minimum atomic E-state index is -0.971. The highest BCUT2D eigenvalue weighted by Crippen LogP contribution is 2.35. The van der Waals surface area contributed by atoms with E-state index < -0.39 is 17.5 Å². The molecular formula is C24H22F2N4O3S. The maximum Gasteiger partial charge on any atom is 0.261 e. The number of nitrogens with zero attached hydrogens (tertiary/aromatic N) is 2. The van der Waals surface area contributed by atoms with Crippen molar-refractivity contribution in [1.82, 2.24) is 15.3 Å². The number of thiophene rings is 1. The van der Waals surface area contributed by atoms with E-state index in [1.807, 2.05) is 18.2 Å². The van der Waals surface area contributed by atoms with Gasteiger partial charge in [0.1, 0.15) is 17.0 Å². The number of carbonyl (C=O) groups is 1. The number of hydrogen-bond donors (Lipinski definition) is 2. The minimum Gasteiger partial charge on any atom is -0.493 e. The van der Waals surface area contributed by atoms with Gasteiger partial charge in [0.05, 0.1) is 24.5 Å². The first-order valence-corrected chi connectivity index (χ1v) is 11.1. The first-order chi connectivity index (χ1) is 16.4. The Hall–Kier alpha value is -3.79. The van der Waals surface area contributed by atoms with E-state index in [0.29, 0.717) is 39.1 Å². The number of aromatic nitrogens is 2. The molecular weight excluding hydrogens is 462 g/mol. The normalized spacial score (nSPS) is 10.9. The highest BCUT2D eigenvalue weighted by atomic mass is 32.1. The maximum absolute atomic E-state index is 13.9. The summed E-state index contributed by atoms with van der Waals surface area (Å²) in [5, 5.41) is 6.67. The largest absolute Gasteiger partial charge is 0.493 e. The molecule has 4 aromatic rings. The number of anilines is 1. The van der Waals surface area contributed by atoms with Crippen molar-refractivity contribution in [3.63, 3.8) is 0 Å². The molecule has 34 heavy (non-hydrogen) atoms. The summed E-state index contributed by atoms with van der Waals surface area (Å²) in [7, 11) is 3.15. The lowest BCUT2D eigenvalue weighted by Crippen LogP contribution is -2.23. The molecule has 2 aromatic carbocycles. The van der Waals surface area contributed by atoms with E-state index >= 15 is 0 Å². The van der Waals surface area contributed by atoms with Gasteiger partial charge in [-0.1, -0.05) is 24.3 Å². The summed E-state index contributed by atoms with van der Waals surface area (Å²) in [5.41, 5.74) is 1.64. The van der Waals surface area contributed by atoms with Gasteiger partial charge < -0.3 is 20.1 Å². The number of amides is 1. The lowest BCUT2D eigenvalue weighted by Gasteiger charge is -2.13. The number of halogens is 2. The molecule has 0 saturated carbocycles. The highest BCUT2D eigenvalue weighted by molar-refractivity contribution is 7.20. The molecule has 0 unspecified atom stereocenters. The second-order valence-corrected chi connectivity index (χ2v) is 8.36. The summed E-state index contributed by atoms with van der Waals surface area (Å²) in [4.78, 5) is 22.5. The predicted octanol–water partition coefficient (Wildman–Crippen LogP) is 4.84. The van der Waals surface area contributed by atoms with Crippen LogP contribution in [0, 0.1) is 18.6 Å². The van der Waals surface area contributed by atoms with Crippen LogP contribution in [0.3, 0.4) is 0 Å². The fourth-order valence-electron chi connectivity index (χ4n) is 3.63. The number of carbonyl (C=O) groups excluding carboxylic acids is 1. The number of para-hydroxylation sites is 1. The molecule has 0 bridgehead atoms. The van der Waals surface area contributed by atoms with Crippen molar-refractivity contribution in [3.8, 4) is 11.5 Å². The van der Waals surface area contributed by atoms with Crippen LogP contribution in [-0.2, 0) is 13.1 Å². The molecule has 2 heterocycles. The Labute approximate surface area is 198 Å². The molecule has 7 nitrogen and oxygen atoms in total. The second-order valence-electron chi connectivity index (χ2n) is 7.36. The smallest absolute Gasteiger partial charge is 0.261 e. The van der Waals surface area contributed by atoms with Gasteiger partial charge in [-0.05, 0) is 24.6 Å². The molecule has 0 fully saturated rings. The molecule has 0 spiro atoms. The molecule has 0 aliphatic heterocycles. The molecule has 2 N–H and O–H groups in total. The fraction of sp³-hybridized carbons (Fsp3) is 0.208. The molecule has 10 heteroatoms. The molecule has 0 radical (unpaired) electrons. The van der Waals surface area contributed by atoms with Gasteiger partial charge in [0.15, 0.2) is 23.1 Å². The molecule has 1 amide bonds. The number of hydrogen-bond acceptors (Lipinski definition) is 7. The zero-order valence-electron chi connectivity index (χ0n) is 18.7. The van der Waals surface area contributed by atoms with Crippen molar-refractivity contribution in [2.75, 3.05) is 19.5 Å². The van der Waals surface area contributed by atoms with Crippen LogP contribution in [0.2, 0.25) is 0 Å². The highest BCUT2D eigenvalue weighted by Gasteiger charge is 2.20. The fourth-order valence-corrected chi connectivity index (χ4v) is 4.70. The number of ether oxygens (including phenoxy) is 2. The van der Waals surface area contributed by atoms with Crippen LogP contribution in [0.1, 0.15) is 26.4 Å². The molecule has 4 rings (SSSR count). The molecule has 176 valence electrons. The predicted molar refractivity (Wildman–Crippen MR) is 127 cm³/mol. The molecule has 2 aromatic heterocycles. The Morgan fingerprint density at radius 3 is 2.56 bits per heavy atom.